The molecule has 0 aliphatic rings. The van der Waals surface area contributed by atoms with E-state index in [1.807, 2.05) is 25.1 Å². The van der Waals surface area contributed by atoms with Gasteiger partial charge in [0.25, 0.3) is 0 Å². The van der Waals surface area contributed by atoms with Gasteiger partial charge in [-0.1, -0.05) is 36.4 Å². The van der Waals surface area contributed by atoms with Gasteiger partial charge >= 0.3 is 0 Å². The predicted molar refractivity (Wildman–Crippen MR) is 106 cm³/mol. The van der Waals surface area contributed by atoms with Crippen LogP contribution in [0, 0.1) is 0 Å². The van der Waals surface area contributed by atoms with Crippen LogP contribution in [0.25, 0.3) is 0 Å². The Morgan fingerprint density at radius 1 is 1.29 bits per heavy atom. The standard InChI is InChI=1S/C18H25IOP/c1-4-10-17(15-16(3)19)11-9-14-21(20,5-2)18-12-7-6-8-13-18/h4,6-8,10-13,15,20H,5,9,14H2,1-3H3/q+1/b10-4-,16-15-,17-11+. The largest absolute Gasteiger partial charge is 0.246 e. The van der Waals surface area contributed by atoms with Crippen molar-refractivity contribution in [2.45, 2.75) is 27.2 Å². The second kappa shape index (κ2) is 9.55. The molecule has 21 heavy (non-hydrogen) atoms. The molecule has 1 rings (SSSR count). The quantitative estimate of drug-likeness (QED) is 0.355. The van der Waals surface area contributed by atoms with E-state index in [9.17, 15) is 4.89 Å². The summed E-state index contributed by atoms with van der Waals surface area (Å²) in [5, 5.41) is 1.12. The van der Waals surface area contributed by atoms with Crippen LogP contribution < -0.4 is 5.30 Å². The van der Waals surface area contributed by atoms with Crippen molar-refractivity contribution in [3.05, 3.63) is 63.8 Å². The number of benzene rings is 1. The van der Waals surface area contributed by atoms with E-state index in [-0.39, 0.29) is 0 Å². The van der Waals surface area contributed by atoms with Crippen LogP contribution in [-0.2, 0) is 0 Å². The highest BCUT2D eigenvalue weighted by Gasteiger charge is 2.35. The van der Waals surface area contributed by atoms with Gasteiger partial charge in [0.2, 0.25) is 0 Å². The molecule has 0 amide bonds. The third kappa shape index (κ3) is 6.46. The molecular formula is C18H25IOP+. The summed E-state index contributed by atoms with van der Waals surface area (Å²) in [5.41, 5.74) is 1.22. The summed E-state index contributed by atoms with van der Waals surface area (Å²) in [6.45, 7) is 6.22. The van der Waals surface area contributed by atoms with Crippen LogP contribution in [0.5, 0.6) is 0 Å². The first-order valence-electron chi connectivity index (χ1n) is 7.34. The first-order valence-corrected chi connectivity index (χ1v) is 10.5. The Labute approximate surface area is 143 Å². The SMILES string of the molecule is C\C=C/C(/C=C(/C)I)=C\CC[P+](O)(CC)c1ccccc1. The minimum Gasteiger partial charge on any atom is -0.246 e. The summed E-state index contributed by atoms with van der Waals surface area (Å²) in [7, 11) is -2.00. The molecule has 0 radical (unpaired) electrons. The first-order chi connectivity index (χ1) is 10.0. The molecular weight excluding hydrogens is 390 g/mol. The van der Waals surface area contributed by atoms with Gasteiger partial charge in [0.1, 0.15) is 5.30 Å². The lowest BCUT2D eigenvalue weighted by Crippen LogP contribution is -2.15. The summed E-state index contributed by atoms with van der Waals surface area (Å²) in [6, 6.07) is 10.1. The van der Waals surface area contributed by atoms with Gasteiger partial charge in [-0.15, -0.1) is 0 Å². The van der Waals surface area contributed by atoms with Crippen LogP contribution in [0.1, 0.15) is 27.2 Å². The first kappa shape index (κ1) is 18.6. The van der Waals surface area contributed by atoms with Crippen LogP contribution in [0.2, 0.25) is 0 Å². The Morgan fingerprint density at radius 2 is 1.95 bits per heavy atom. The molecule has 0 fully saturated rings. The smallest absolute Gasteiger partial charge is 0.174 e. The van der Waals surface area contributed by atoms with E-state index in [0.29, 0.717) is 0 Å². The van der Waals surface area contributed by atoms with Gasteiger partial charge in [-0.25, -0.2) is 4.89 Å². The van der Waals surface area contributed by atoms with Crippen LogP contribution in [0.4, 0.5) is 0 Å². The monoisotopic (exact) mass is 415 g/mol. The van der Waals surface area contributed by atoms with E-state index >= 15 is 0 Å². The molecule has 0 aliphatic carbocycles. The molecule has 0 saturated carbocycles. The van der Waals surface area contributed by atoms with Gasteiger partial charge in [-0.2, -0.15) is 0 Å². The molecule has 0 bridgehead atoms. The Morgan fingerprint density at radius 3 is 2.48 bits per heavy atom. The number of rotatable bonds is 7. The molecule has 3 heteroatoms. The van der Waals surface area contributed by atoms with Gasteiger partial charge in [0.05, 0.1) is 12.3 Å². The second-order valence-electron chi connectivity index (χ2n) is 5.02. The highest BCUT2D eigenvalue weighted by atomic mass is 127. The fraction of sp³-hybridized carbons (Fsp3) is 0.333. The molecule has 1 nitrogen and oxygen atoms in total. The molecule has 0 saturated heterocycles. The molecule has 114 valence electrons. The van der Waals surface area contributed by atoms with Crippen LogP contribution in [0.15, 0.2) is 63.8 Å². The maximum absolute atomic E-state index is 11.0. The Bertz CT molecular complexity index is 515. The molecule has 1 aromatic rings. The summed E-state index contributed by atoms with van der Waals surface area (Å²) in [5.74, 6) is 0. The molecule has 0 aromatic heterocycles. The van der Waals surface area contributed by atoms with Gasteiger partial charge in [0, 0.05) is 6.42 Å². The van der Waals surface area contributed by atoms with Gasteiger partial charge in [0.15, 0.2) is 7.49 Å². The topological polar surface area (TPSA) is 20.2 Å². The molecule has 1 aromatic carbocycles. The van der Waals surface area contributed by atoms with Crippen molar-refractivity contribution in [1.82, 2.24) is 0 Å². The van der Waals surface area contributed by atoms with Crippen molar-refractivity contribution in [2.75, 3.05) is 12.3 Å². The van der Waals surface area contributed by atoms with E-state index in [2.05, 4.69) is 72.9 Å². The minimum absolute atomic E-state index is 0.838. The molecule has 1 atom stereocenters. The van der Waals surface area contributed by atoms with E-state index in [4.69, 9.17) is 0 Å². The van der Waals surface area contributed by atoms with E-state index in [0.717, 1.165) is 24.0 Å². The Kier molecular flexibility index (Phi) is 8.46. The summed E-state index contributed by atoms with van der Waals surface area (Å²) >= 11 is 2.33. The number of halogens is 1. The highest BCUT2D eigenvalue weighted by Crippen LogP contribution is 2.53. The number of allylic oxidation sites excluding steroid dienone is 6. The van der Waals surface area contributed by atoms with Crippen molar-refractivity contribution < 1.29 is 4.89 Å². The molecule has 0 heterocycles. The van der Waals surface area contributed by atoms with Crippen molar-refractivity contribution >= 4 is 35.4 Å². The average molecular weight is 415 g/mol. The van der Waals surface area contributed by atoms with Crippen molar-refractivity contribution in [3.63, 3.8) is 0 Å². The normalized spacial score (nSPS) is 16.2. The second-order valence-corrected chi connectivity index (χ2v) is 10.2. The van der Waals surface area contributed by atoms with Crippen molar-refractivity contribution in [2.24, 2.45) is 0 Å². The lowest BCUT2D eigenvalue weighted by atomic mass is 10.2. The number of hydrogen-bond donors (Lipinski definition) is 1. The van der Waals surface area contributed by atoms with Crippen molar-refractivity contribution in [1.29, 1.82) is 0 Å². The summed E-state index contributed by atoms with van der Waals surface area (Å²) < 4.78 is 1.26. The lowest BCUT2D eigenvalue weighted by Gasteiger charge is -2.17. The van der Waals surface area contributed by atoms with E-state index in [1.54, 1.807) is 0 Å². The van der Waals surface area contributed by atoms with Crippen LogP contribution in [0.3, 0.4) is 0 Å². The maximum atomic E-state index is 11.0. The van der Waals surface area contributed by atoms with Crippen molar-refractivity contribution in [3.8, 4) is 0 Å². The van der Waals surface area contributed by atoms with Gasteiger partial charge < -0.3 is 0 Å². The lowest BCUT2D eigenvalue weighted by molar-refractivity contribution is 0.610. The third-order valence-electron chi connectivity index (χ3n) is 3.36. The van der Waals surface area contributed by atoms with E-state index in [1.165, 1.54) is 9.15 Å². The minimum atomic E-state index is -2.00. The zero-order valence-electron chi connectivity index (χ0n) is 13.1. The van der Waals surface area contributed by atoms with Gasteiger partial charge in [-0.3, -0.25) is 0 Å². The molecule has 0 spiro atoms. The maximum Gasteiger partial charge on any atom is 0.174 e. The average Bonchev–Trinajstić information content (AvgIpc) is 2.47. The summed E-state index contributed by atoms with van der Waals surface area (Å²) in [6.07, 6.45) is 11.2. The third-order valence-corrected chi connectivity index (χ3v) is 6.98. The fourth-order valence-electron chi connectivity index (χ4n) is 2.22. The number of hydrogen-bond acceptors (Lipinski definition) is 1. The van der Waals surface area contributed by atoms with Crippen LogP contribution in [-0.4, -0.2) is 17.2 Å². The molecule has 0 aliphatic heterocycles. The summed E-state index contributed by atoms with van der Waals surface area (Å²) in [4.78, 5) is 11.0. The zero-order valence-corrected chi connectivity index (χ0v) is 16.1. The Hall–Kier alpha value is -0.440. The molecule has 1 unspecified atom stereocenters. The predicted octanol–water partition coefficient (Wildman–Crippen LogP) is 5.49. The van der Waals surface area contributed by atoms with E-state index < -0.39 is 7.49 Å². The van der Waals surface area contributed by atoms with Crippen LogP contribution >= 0.6 is 30.1 Å². The molecule has 1 N–H and O–H groups in total. The Balaban J connectivity index is 2.81. The van der Waals surface area contributed by atoms with Gasteiger partial charge in [-0.05, 0) is 70.7 Å². The zero-order chi connectivity index (χ0) is 15.7. The fourth-order valence-corrected chi connectivity index (χ4v) is 4.80. The highest BCUT2D eigenvalue weighted by molar-refractivity contribution is 14.1.